The first-order chi connectivity index (χ1) is 12.0. The molecule has 3 nitrogen and oxygen atoms in total. The third-order valence-corrected chi connectivity index (χ3v) is 5.00. The zero-order valence-corrected chi connectivity index (χ0v) is 14.9. The molecule has 1 N–H and O–H groups in total. The van der Waals surface area contributed by atoms with Gasteiger partial charge in [-0.05, 0) is 43.7 Å². The first kappa shape index (κ1) is 17.4. The maximum atomic E-state index is 13.0. The van der Waals surface area contributed by atoms with Gasteiger partial charge in [0, 0.05) is 5.39 Å². The molecule has 0 bridgehead atoms. The Morgan fingerprint density at radius 2 is 1.76 bits per heavy atom. The molecule has 2 atom stereocenters. The largest absolute Gasteiger partial charge is 0.349 e. The van der Waals surface area contributed by atoms with Crippen LogP contribution in [0.4, 0.5) is 4.39 Å². The van der Waals surface area contributed by atoms with Crippen LogP contribution in [0.2, 0.25) is 0 Å². The predicted octanol–water partition coefficient (Wildman–Crippen LogP) is 4.73. The van der Waals surface area contributed by atoms with Gasteiger partial charge in [-0.2, -0.15) is 0 Å². The van der Waals surface area contributed by atoms with E-state index in [9.17, 15) is 9.18 Å². The highest BCUT2D eigenvalue weighted by Crippen LogP contribution is 2.24. The number of thioether (sulfide) groups is 1. The van der Waals surface area contributed by atoms with Gasteiger partial charge in [0.2, 0.25) is 5.91 Å². The van der Waals surface area contributed by atoms with Crippen molar-refractivity contribution in [3.05, 3.63) is 72.0 Å². The average molecular weight is 354 g/mol. The molecule has 0 radical (unpaired) electrons. The van der Waals surface area contributed by atoms with Crippen molar-refractivity contribution >= 4 is 28.6 Å². The molecule has 3 aromatic rings. The number of carbonyl (C=O) groups excluding carboxylic acids is 1. The van der Waals surface area contributed by atoms with Gasteiger partial charge in [0.05, 0.1) is 21.8 Å². The molecule has 2 aromatic carbocycles. The van der Waals surface area contributed by atoms with Crippen molar-refractivity contribution in [2.45, 2.75) is 30.2 Å². The first-order valence-corrected chi connectivity index (χ1v) is 8.99. The fourth-order valence-electron chi connectivity index (χ4n) is 2.51. The number of pyridine rings is 1. The first-order valence-electron chi connectivity index (χ1n) is 8.11. The van der Waals surface area contributed by atoms with Gasteiger partial charge in [-0.3, -0.25) is 4.79 Å². The minimum Gasteiger partial charge on any atom is -0.349 e. The van der Waals surface area contributed by atoms with Crippen molar-refractivity contribution < 1.29 is 9.18 Å². The van der Waals surface area contributed by atoms with Crippen molar-refractivity contribution in [2.24, 2.45) is 0 Å². The lowest BCUT2D eigenvalue weighted by Crippen LogP contribution is -2.33. The molecule has 1 heterocycles. The molecule has 5 heteroatoms. The lowest BCUT2D eigenvalue weighted by molar-refractivity contribution is -0.120. The molecule has 0 aliphatic rings. The van der Waals surface area contributed by atoms with E-state index in [1.165, 1.54) is 23.9 Å². The Morgan fingerprint density at radius 3 is 2.52 bits per heavy atom. The Morgan fingerprint density at radius 1 is 1.04 bits per heavy atom. The summed E-state index contributed by atoms with van der Waals surface area (Å²) < 4.78 is 13.0. The molecule has 0 spiro atoms. The number of fused-ring (bicyclic) bond motifs is 1. The average Bonchev–Trinajstić information content (AvgIpc) is 2.62. The van der Waals surface area contributed by atoms with Crippen LogP contribution in [0, 0.1) is 5.82 Å². The van der Waals surface area contributed by atoms with Gasteiger partial charge < -0.3 is 5.32 Å². The third kappa shape index (κ3) is 4.37. The number of rotatable bonds is 5. The highest BCUT2D eigenvalue weighted by Gasteiger charge is 2.18. The summed E-state index contributed by atoms with van der Waals surface area (Å²) >= 11 is 1.42. The van der Waals surface area contributed by atoms with Crippen molar-refractivity contribution in [3.8, 4) is 0 Å². The summed E-state index contributed by atoms with van der Waals surface area (Å²) in [5, 5.41) is 4.58. The lowest BCUT2D eigenvalue weighted by atomic mass is 10.1. The molecule has 0 fully saturated rings. The van der Waals surface area contributed by atoms with Crippen molar-refractivity contribution in [1.82, 2.24) is 10.3 Å². The molecule has 0 unspecified atom stereocenters. The molecule has 25 heavy (non-hydrogen) atoms. The number of hydrogen-bond acceptors (Lipinski definition) is 3. The van der Waals surface area contributed by atoms with Crippen LogP contribution in [0.3, 0.4) is 0 Å². The Hall–Kier alpha value is -2.40. The number of nitrogens with zero attached hydrogens (tertiary/aromatic N) is 1. The summed E-state index contributed by atoms with van der Waals surface area (Å²) in [7, 11) is 0. The minimum atomic E-state index is -0.284. The summed E-state index contributed by atoms with van der Waals surface area (Å²) in [5.41, 5.74) is 1.79. The van der Waals surface area contributed by atoms with Crippen LogP contribution < -0.4 is 5.32 Å². The topological polar surface area (TPSA) is 42.0 Å². The monoisotopic (exact) mass is 354 g/mol. The summed E-state index contributed by atoms with van der Waals surface area (Å²) in [6.07, 6.45) is 0. The zero-order valence-electron chi connectivity index (χ0n) is 14.1. The fraction of sp³-hybridized carbons (Fsp3) is 0.200. The van der Waals surface area contributed by atoms with Gasteiger partial charge in [0.1, 0.15) is 5.82 Å². The van der Waals surface area contributed by atoms with E-state index in [2.05, 4.69) is 10.3 Å². The van der Waals surface area contributed by atoms with Crippen LogP contribution in [-0.4, -0.2) is 16.1 Å². The molecule has 1 aromatic heterocycles. The van der Waals surface area contributed by atoms with E-state index < -0.39 is 0 Å². The van der Waals surface area contributed by atoms with Crippen molar-refractivity contribution in [3.63, 3.8) is 0 Å². The molecular weight excluding hydrogens is 335 g/mol. The maximum Gasteiger partial charge on any atom is 0.233 e. The smallest absolute Gasteiger partial charge is 0.233 e. The fourth-order valence-corrected chi connectivity index (χ4v) is 3.35. The van der Waals surface area contributed by atoms with Crippen LogP contribution in [0.15, 0.2) is 65.7 Å². The Bertz CT molecular complexity index is 882. The second kappa shape index (κ2) is 7.66. The molecule has 0 aliphatic heterocycles. The highest BCUT2D eigenvalue weighted by atomic mass is 32.2. The number of para-hydroxylation sites is 1. The van der Waals surface area contributed by atoms with E-state index in [1.807, 2.05) is 50.2 Å². The molecule has 0 saturated carbocycles. The van der Waals surface area contributed by atoms with Gasteiger partial charge in [-0.1, -0.05) is 48.2 Å². The van der Waals surface area contributed by atoms with E-state index in [0.717, 1.165) is 21.5 Å². The van der Waals surface area contributed by atoms with E-state index >= 15 is 0 Å². The number of aromatic nitrogens is 1. The highest BCUT2D eigenvalue weighted by molar-refractivity contribution is 8.00. The van der Waals surface area contributed by atoms with Gasteiger partial charge in [0.15, 0.2) is 0 Å². The van der Waals surface area contributed by atoms with Gasteiger partial charge in [0.25, 0.3) is 0 Å². The molecule has 0 aliphatic carbocycles. The second-order valence-corrected chi connectivity index (χ2v) is 7.25. The maximum absolute atomic E-state index is 13.0. The summed E-state index contributed by atoms with van der Waals surface area (Å²) in [6, 6.07) is 17.8. The van der Waals surface area contributed by atoms with Gasteiger partial charge >= 0.3 is 0 Å². The lowest BCUT2D eigenvalue weighted by Gasteiger charge is -2.17. The van der Waals surface area contributed by atoms with Crippen LogP contribution in [0.25, 0.3) is 10.9 Å². The Kier molecular flexibility index (Phi) is 5.34. The Balaban J connectivity index is 1.64. The molecule has 128 valence electrons. The van der Waals surface area contributed by atoms with Crippen LogP contribution >= 0.6 is 11.8 Å². The predicted molar refractivity (Wildman–Crippen MR) is 100 cm³/mol. The van der Waals surface area contributed by atoms with E-state index in [1.54, 1.807) is 12.1 Å². The van der Waals surface area contributed by atoms with Crippen molar-refractivity contribution in [1.29, 1.82) is 0 Å². The third-order valence-electron chi connectivity index (χ3n) is 3.97. The summed E-state index contributed by atoms with van der Waals surface area (Å²) in [4.78, 5) is 17.0. The second-order valence-electron chi connectivity index (χ2n) is 5.88. The normalized spacial score (nSPS) is 13.4. The summed E-state index contributed by atoms with van der Waals surface area (Å²) in [5.74, 6) is -0.356. The standard InChI is InChI=1S/C20H19FN2OS/c1-13(15-7-10-17(21)11-8-15)22-20(24)14(2)25-19-12-9-16-5-3-4-6-18(16)23-19/h3-14H,1-2H3,(H,22,24)/t13-,14+/m1/s1. The van der Waals surface area contributed by atoms with E-state index in [0.29, 0.717) is 0 Å². The quantitative estimate of drug-likeness (QED) is 0.674. The van der Waals surface area contributed by atoms with Crippen LogP contribution in [0.1, 0.15) is 25.5 Å². The van der Waals surface area contributed by atoms with Gasteiger partial charge in [-0.15, -0.1) is 0 Å². The molecule has 0 saturated heterocycles. The molecule has 3 rings (SSSR count). The number of benzene rings is 2. The summed E-state index contributed by atoms with van der Waals surface area (Å²) in [6.45, 7) is 3.74. The number of nitrogens with one attached hydrogen (secondary N) is 1. The van der Waals surface area contributed by atoms with Crippen LogP contribution in [0.5, 0.6) is 0 Å². The van der Waals surface area contributed by atoms with Gasteiger partial charge in [-0.25, -0.2) is 9.37 Å². The van der Waals surface area contributed by atoms with Crippen molar-refractivity contribution in [2.75, 3.05) is 0 Å². The number of carbonyl (C=O) groups is 1. The SMILES string of the molecule is C[C@H](Sc1ccc2ccccc2n1)C(=O)N[C@H](C)c1ccc(F)cc1. The number of halogens is 1. The molecular formula is C20H19FN2OS. The number of amides is 1. The van der Waals surface area contributed by atoms with E-state index in [4.69, 9.17) is 0 Å². The Labute approximate surface area is 150 Å². The molecule has 1 amide bonds. The minimum absolute atomic E-state index is 0.0724. The van der Waals surface area contributed by atoms with Crippen LogP contribution in [-0.2, 0) is 4.79 Å². The zero-order chi connectivity index (χ0) is 17.8. The number of hydrogen-bond donors (Lipinski definition) is 1. The van der Waals surface area contributed by atoms with E-state index in [-0.39, 0.29) is 23.0 Å².